The van der Waals surface area contributed by atoms with E-state index < -0.39 is 18.0 Å². The molecule has 0 aromatic rings. The molecule has 1 aliphatic carbocycles. The summed E-state index contributed by atoms with van der Waals surface area (Å²) in [5.41, 5.74) is 1.15. The van der Waals surface area contributed by atoms with Gasteiger partial charge in [0.05, 0.1) is 17.1 Å². The first-order valence-electron chi connectivity index (χ1n) is 12.4. The van der Waals surface area contributed by atoms with Gasteiger partial charge in [0.25, 0.3) is 0 Å². The fourth-order valence-electron chi connectivity index (χ4n) is 4.44. The van der Waals surface area contributed by atoms with Crippen LogP contribution in [0.1, 0.15) is 110 Å². The fraction of sp³-hybridized carbons (Fsp3) is 0.840. The molecule has 31 heavy (non-hydrogen) atoms. The summed E-state index contributed by atoms with van der Waals surface area (Å²) in [6.45, 7) is 2.25. The van der Waals surface area contributed by atoms with Crippen LogP contribution in [0.5, 0.6) is 0 Å². The van der Waals surface area contributed by atoms with E-state index in [1.54, 1.807) is 0 Å². The van der Waals surface area contributed by atoms with Crippen LogP contribution < -0.4 is 0 Å². The van der Waals surface area contributed by atoms with Crippen LogP contribution in [0.2, 0.25) is 0 Å². The van der Waals surface area contributed by atoms with Gasteiger partial charge in [-0.15, -0.1) is 11.8 Å². The number of carboxylic acid groups (broad SMARTS) is 2. The Labute approximate surface area is 193 Å². The van der Waals surface area contributed by atoms with Gasteiger partial charge in [-0.3, -0.25) is 9.59 Å². The number of hydrogen-bond acceptors (Lipinski definition) is 4. The third-order valence-corrected chi connectivity index (χ3v) is 7.65. The molecule has 3 N–H and O–H groups in total. The molecule has 0 aromatic carbocycles. The number of allylic oxidation sites excluding steroid dienone is 1. The molecule has 1 fully saturated rings. The van der Waals surface area contributed by atoms with Crippen molar-refractivity contribution in [3.63, 3.8) is 0 Å². The van der Waals surface area contributed by atoms with Gasteiger partial charge in [0.2, 0.25) is 0 Å². The zero-order valence-corrected chi connectivity index (χ0v) is 20.2. The lowest BCUT2D eigenvalue weighted by molar-refractivity contribution is -0.137. The smallest absolute Gasteiger partial charge is 0.313 e. The molecule has 5 nitrogen and oxygen atoms in total. The number of thioether (sulfide) groups is 1. The maximum atomic E-state index is 11.0. The Bertz CT molecular complexity index is 534. The minimum atomic E-state index is -0.880. The highest BCUT2D eigenvalue weighted by Gasteiger charge is 2.35. The highest BCUT2D eigenvalue weighted by molar-refractivity contribution is 8.00. The lowest BCUT2D eigenvalue weighted by Gasteiger charge is -2.36. The van der Waals surface area contributed by atoms with Gasteiger partial charge in [-0.1, -0.05) is 82.8 Å². The Morgan fingerprint density at radius 1 is 0.935 bits per heavy atom. The number of hydrogen-bond donors (Lipinski definition) is 3. The molecule has 0 saturated heterocycles. The van der Waals surface area contributed by atoms with Crippen molar-refractivity contribution in [3.8, 4) is 0 Å². The Balaban J connectivity index is 2.32. The van der Waals surface area contributed by atoms with Crippen molar-refractivity contribution in [2.75, 3.05) is 5.75 Å². The van der Waals surface area contributed by atoms with Crippen molar-refractivity contribution in [3.05, 3.63) is 11.6 Å². The molecule has 6 heteroatoms. The van der Waals surface area contributed by atoms with Gasteiger partial charge in [0.15, 0.2) is 0 Å². The average Bonchev–Trinajstić information content (AvgIpc) is 2.73. The largest absolute Gasteiger partial charge is 0.481 e. The van der Waals surface area contributed by atoms with Gasteiger partial charge < -0.3 is 15.3 Å². The quantitative estimate of drug-likeness (QED) is 0.162. The number of aliphatic hydroxyl groups is 1. The van der Waals surface area contributed by atoms with E-state index in [0.29, 0.717) is 6.42 Å². The summed E-state index contributed by atoms with van der Waals surface area (Å²) in [4.78, 5) is 21.9. The molecule has 0 aromatic heterocycles. The molecular formula is C25H44O5S. The molecule has 1 aliphatic rings. The molecule has 0 unspecified atom stereocenters. The number of aliphatic hydroxyl groups excluding tert-OH is 1. The number of carbonyl (C=O) groups is 2. The van der Waals surface area contributed by atoms with Gasteiger partial charge in [-0.25, -0.2) is 0 Å². The van der Waals surface area contributed by atoms with Crippen molar-refractivity contribution in [1.82, 2.24) is 0 Å². The summed E-state index contributed by atoms with van der Waals surface area (Å²) in [7, 11) is 0. The van der Waals surface area contributed by atoms with Crippen molar-refractivity contribution in [2.24, 2.45) is 5.92 Å². The van der Waals surface area contributed by atoms with E-state index in [2.05, 4.69) is 13.0 Å². The van der Waals surface area contributed by atoms with E-state index in [9.17, 15) is 14.7 Å². The van der Waals surface area contributed by atoms with Crippen LogP contribution >= 0.6 is 11.8 Å². The lowest BCUT2D eigenvalue weighted by atomic mass is 9.80. The van der Waals surface area contributed by atoms with Gasteiger partial charge in [-0.05, 0) is 38.0 Å². The van der Waals surface area contributed by atoms with Crippen molar-refractivity contribution < 1.29 is 24.9 Å². The highest BCUT2D eigenvalue weighted by atomic mass is 32.2. The molecule has 0 bridgehead atoms. The van der Waals surface area contributed by atoms with Crippen LogP contribution in [-0.4, -0.2) is 44.4 Å². The van der Waals surface area contributed by atoms with E-state index in [1.807, 2.05) is 0 Å². The van der Waals surface area contributed by atoms with Crippen molar-refractivity contribution in [1.29, 1.82) is 0 Å². The predicted octanol–water partition coefficient (Wildman–Crippen LogP) is 6.44. The standard InChI is InChI=1S/C25H44O5S/c1-2-3-4-5-6-7-8-9-10-11-12-13-14-21-16-15-20(17-18-22(26)27)24(30)25(21)31-19-23(28)29/h14,20,24-25,30H,2-13,15-19H2,1H3,(H,26,27)(H,28,29)/b21-14+/t20-,24+,25+/m1/s1. The number of rotatable bonds is 18. The molecule has 180 valence electrons. The number of carboxylic acids is 2. The second-order valence-corrected chi connectivity index (χ2v) is 10.1. The highest BCUT2D eigenvalue weighted by Crippen LogP contribution is 2.38. The first-order valence-corrected chi connectivity index (χ1v) is 13.4. The minimum Gasteiger partial charge on any atom is -0.481 e. The second kappa shape index (κ2) is 17.5. The fourth-order valence-corrected chi connectivity index (χ4v) is 5.61. The van der Waals surface area contributed by atoms with E-state index in [-0.39, 0.29) is 23.3 Å². The summed E-state index contributed by atoms with van der Waals surface area (Å²) in [5, 5.41) is 28.5. The van der Waals surface area contributed by atoms with Crippen LogP contribution in [0.25, 0.3) is 0 Å². The van der Waals surface area contributed by atoms with E-state index >= 15 is 0 Å². The molecular weight excluding hydrogens is 412 g/mol. The van der Waals surface area contributed by atoms with E-state index in [4.69, 9.17) is 10.2 Å². The molecule has 0 aliphatic heterocycles. The van der Waals surface area contributed by atoms with Crippen LogP contribution in [0.3, 0.4) is 0 Å². The first kappa shape index (κ1) is 28.0. The number of unbranched alkanes of at least 4 members (excludes halogenated alkanes) is 11. The average molecular weight is 457 g/mol. The minimum absolute atomic E-state index is 0.0385. The third kappa shape index (κ3) is 13.2. The molecule has 1 saturated carbocycles. The normalized spacial score (nSPS) is 22.6. The molecule has 1 rings (SSSR count). The van der Waals surface area contributed by atoms with Crippen LogP contribution in [-0.2, 0) is 9.59 Å². The van der Waals surface area contributed by atoms with Crippen LogP contribution in [0.4, 0.5) is 0 Å². The van der Waals surface area contributed by atoms with Crippen molar-refractivity contribution >= 4 is 23.7 Å². The second-order valence-electron chi connectivity index (χ2n) is 8.95. The van der Waals surface area contributed by atoms with Crippen LogP contribution in [0.15, 0.2) is 11.6 Å². The Morgan fingerprint density at radius 2 is 1.52 bits per heavy atom. The van der Waals surface area contributed by atoms with Crippen molar-refractivity contribution in [2.45, 2.75) is 121 Å². The topological polar surface area (TPSA) is 94.8 Å². The van der Waals surface area contributed by atoms with E-state index in [0.717, 1.165) is 31.3 Å². The summed E-state index contributed by atoms with van der Waals surface area (Å²) in [5.74, 6) is -1.83. The third-order valence-electron chi connectivity index (χ3n) is 6.29. The SMILES string of the molecule is CCCCCCCCCCCCC/C=C1\CC[C@H](CCC(=O)O)[C@H](O)[C@H]1SCC(=O)O. The summed E-state index contributed by atoms with van der Waals surface area (Å²) in [6.07, 6.45) is 19.1. The molecule has 3 atom stereocenters. The lowest BCUT2D eigenvalue weighted by Crippen LogP contribution is -2.38. The molecule has 0 heterocycles. The van der Waals surface area contributed by atoms with Crippen LogP contribution in [0, 0.1) is 5.92 Å². The van der Waals surface area contributed by atoms with Gasteiger partial charge in [0, 0.05) is 6.42 Å². The maximum Gasteiger partial charge on any atom is 0.313 e. The molecule has 0 radical (unpaired) electrons. The predicted molar refractivity (Wildman–Crippen MR) is 129 cm³/mol. The summed E-state index contributed by atoms with van der Waals surface area (Å²) < 4.78 is 0. The zero-order valence-electron chi connectivity index (χ0n) is 19.4. The Hall–Kier alpha value is -1.01. The first-order chi connectivity index (χ1) is 15.0. The molecule has 0 amide bonds. The monoisotopic (exact) mass is 456 g/mol. The van der Waals surface area contributed by atoms with Gasteiger partial charge in [-0.2, -0.15) is 0 Å². The summed E-state index contributed by atoms with van der Waals surface area (Å²) >= 11 is 1.28. The Morgan fingerprint density at radius 3 is 2.06 bits per heavy atom. The van der Waals surface area contributed by atoms with Gasteiger partial charge in [0.1, 0.15) is 0 Å². The molecule has 0 spiro atoms. The summed E-state index contributed by atoms with van der Waals surface area (Å²) in [6, 6.07) is 0. The number of aliphatic carboxylic acids is 2. The zero-order chi connectivity index (χ0) is 22.9. The Kier molecular flexibility index (Phi) is 15.9. The van der Waals surface area contributed by atoms with E-state index in [1.165, 1.54) is 76.0 Å². The van der Waals surface area contributed by atoms with Gasteiger partial charge >= 0.3 is 11.9 Å². The maximum absolute atomic E-state index is 11.0.